The van der Waals surface area contributed by atoms with Crippen LogP contribution >= 0.6 is 34.0 Å². The van der Waals surface area contributed by atoms with Gasteiger partial charge in [0.1, 0.15) is 5.01 Å². The van der Waals surface area contributed by atoms with Crippen LogP contribution in [0.3, 0.4) is 0 Å². The molecule has 7 aromatic carbocycles. The summed E-state index contributed by atoms with van der Waals surface area (Å²) in [6.07, 6.45) is 0. The lowest BCUT2D eigenvalue weighted by Gasteiger charge is -2.26. The Labute approximate surface area is 289 Å². The van der Waals surface area contributed by atoms with E-state index in [1.54, 1.807) is 11.3 Å². The topological polar surface area (TPSA) is 16.1 Å². The molecule has 0 spiro atoms. The molecule has 0 aliphatic heterocycles. The highest BCUT2D eigenvalue weighted by Crippen LogP contribution is 2.46. The normalized spacial score (nSPS) is 11.8. The Morgan fingerprint density at radius 3 is 1.96 bits per heavy atom. The number of nitrogens with zero attached hydrogens (tertiary/aromatic N) is 2. The second-order valence-corrected chi connectivity index (χ2v) is 15.1. The summed E-state index contributed by atoms with van der Waals surface area (Å²) in [6, 6.07) is 57.0. The van der Waals surface area contributed by atoms with E-state index in [1.807, 2.05) is 22.7 Å². The summed E-state index contributed by atoms with van der Waals surface area (Å²) in [5, 5.41) is 6.29. The molecule has 5 heteroatoms. The molecule has 0 N–H and O–H groups in total. The maximum atomic E-state index is 5.03. The molecule has 0 saturated heterocycles. The molecule has 3 heterocycles. The van der Waals surface area contributed by atoms with Gasteiger partial charge in [-0.1, -0.05) is 97.1 Å². The molecule has 48 heavy (non-hydrogen) atoms. The molecule has 0 fully saturated rings. The van der Waals surface area contributed by atoms with Crippen molar-refractivity contribution in [3.8, 4) is 21.7 Å². The average molecular weight is 667 g/mol. The molecule has 0 aliphatic rings. The fraction of sp³-hybridized carbons (Fsp3) is 0. The molecule has 10 rings (SSSR count). The second-order valence-electron chi connectivity index (χ2n) is 12.0. The standard InChI is InChI=1S/C43H26N2S3/c1-3-10-28(11-4-1)43-44-35-23-25-39-40(42(35)48-43)34-26-29(20-24-38(34)46-39)27-18-21-31(22-19-27)45(30-12-5-2-6-13-30)36-16-9-15-33-32-14-7-8-17-37(32)47-41(33)36/h1-26H. The van der Waals surface area contributed by atoms with Gasteiger partial charge in [-0.3, -0.25) is 0 Å². The molecule has 226 valence electrons. The molecule has 10 aromatic rings. The van der Waals surface area contributed by atoms with Crippen LogP contribution in [-0.4, -0.2) is 4.98 Å². The van der Waals surface area contributed by atoms with Crippen LogP contribution in [0.25, 0.3) is 72.3 Å². The number of benzene rings is 7. The SMILES string of the molecule is c1ccc(-c2nc3ccc4sc5ccc(-c6ccc(N(c7ccccc7)c7cccc8c7sc7ccccc78)cc6)cc5c4c3s2)cc1. The van der Waals surface area contributed by atoms with Crippen LogP contribution in [0, 0.1) is 0 Å². The lowest BCUT2D eigenvalue weighted by Crippen LogP contribution is -2.09. The molecule has 3 aromatic heterocycles. The lowest BCUT2D eigenvalue weighted by atomic mass is 10.0. The van der Waals surface area contributed by atoms with Crippen LogP contribution in [0.5, 0.6) is 0 Å². The Kier molecular flexibility index (Phi) is 6.44. The van der Waals surface area contributed by atoms with Crippen molar-refractivity contribution in [2.75, 3.05) is 4.90 Å². The number of anilines is 3. The van der Waals surface area contributed by atoms with Gasteiger partial charge in [0.2, 0.25) is 0 Å². The van der Waals surface area contributed by atoms with Gasteiger partial charge in [0, 0.05) is 52.6 Å². The number of para-hydroxylation sites is 1. The quantitative estimate of drug-likeness (QED) is 0.182. The molecule has 0 amide bonds. The largest absolute Gasteiger partial charge is 0.309 e. The highest BCUT2D eigenvalue weighted by molar-refractivity contribution is 7.28. The first-order valence-corrected chi connectivity index (χ1v) is 18.4. The monoisotopic (exact) mass is 666 g/mol. The predicted octanol–water partition coefficient (Wildman–Crippen LogP) is 13.8. The zero-order chi connectivity index (χ0) is 31.6. The first-order valence-electron chi connectivity index (χ1n) is 16.0. The first kappa shape index (κ1) is 27.8. The number of fused-ring (bicyclic) bond motifs is 8. The van der Waals surface area contributed by atoms with Gasteiger partial charge in [0.25, 0.3) is 0 Å². The van der Waals surface area contributed by atoms with Crippen molar-refractivity contribution in [1.82, 2.24) is 4.98 Å². The van der Waals surface area contributed by atoms with Crippen molar-refractivity contribution >= 4 is 102 Å². The van der Waals surface area contributed by atoms with Crippen LogP contribution in [-0.2, 0) is 0 Å². The fourth-order valence-corrected chi connectivity index (χ4v) is 10.3. The Morgan fingerprint density at radius 2 is 1.10 bits per heavy atom. The Hall–Kier alpha value is -5.33. The van der Waals surface area contributed by atoms with Crippen LogP contribution in [0.2, 0.25) is 0 Å². The zero-order valence-corrected chi connectivity index (χ0v) is 28.1. The maximum Gasteiger partial charge on any atom is 0.124 e. The molecule has 0 atom stereocenters. The summed E-state index contributed by atoms with van der Waals surface area (Å²) < 4.78 is 6.48. The summed E-state index contributed by atoms with van der Waals surface area (Å²) in [4.78, 5) is 7.42. The number of aromatic nitrogens is 1. The van der Waals surface area contributed by atoms with Gasteiger partial charge in [0.05, 0.1) is 20.6 Å². The van der Waals surface area contributed by atoms with Crippen molar-refractivity contribution < 1.29 is 0 Å². The first-order chi connectivity index (χ1) is 23.8. The molecular weight excluding hydrogens is 641 g/mol. The van der Waals surface area contributed by atoms with Crippen molar-refractivity contribution in [2.24, 2.45) is 0 Å². The lowest BCUT2D eigenvalue weighted by molar-refractivity contribution is 1.30. The third-order valence-electron chi connectivity index (χ3n) is 9.11. The van der Waals surface area contributed by atoms with E-state index in [1.165, 1.54) is 67.4 Å². The molecule has 2 nitrogen and oxygen atoms in total. The smallest absolute Gasteiger partial charge is 0.124 e. The Morgan fingerprint density at radius 1 is 0.417 bits per heavy atom. The number of thiazole rings is 1. The van der Waals surface area contributed by atoms with E-state index in [2.05, 4.69) is 163 Å². The van der Waals surface area contributed by atoms with E-state index in [9.17, 15) is 0 Å². The summed E-state index contributed by atoms with van der Waals surface area (Å²) in [7, 11) is 0. The number of hydrogen-bond donors (Lipinski definition) is 0. The molecule has 0 saturated carbocycles. The van der Waals surface area contributed by atoms with E-state index in [0.717, 1.165) is 21.9 Å². The summed E-state index contributed by atoms with van der Waals surface area (Å²) in [5.41, 5.74) is 8.13. The molecule has 0 radical (unpaired) electrons. The second kappa shape index (κ2) is 11.1. The van der Waals surface area contributed by atoms with E-state index in [-0.39, 0.29) is 0 Å². The van der Waals surface area contributed by atoms with Gasteiger partial charge in [-0.05, 0) is 71.8 Å². The molecular formula is C43H26N2S3. The Balaban J connectivity index is 1.09. The highest BCUT2D eigenvalue weighted by atomic mass is 32.1. The third kappa shape index (κ3) is 4.47. The number of rotatable bonds is 5. The van der Waals surface area contributed by atoms with Crippen molar-refractivity contribution in [3.63, 3.8) is 0 Å². The van der Waals surface area contributed by atoms with E-state index >= 15 is 0 Å². The van der Waals surface area contributed by atoms with Gasteiger partial charge in [-0.15, -0.1) is 34.0 Å². The van der Waals surface area contributed by atoms with E-state index in [4.69, 9.17) is 4.98 Å². The highest BCUT2D eigenvalue weighted by Gasteiger charge is 2.19. The van der Waals surface area contributed by atoms with Crippen LogP contribution in [0.15, 0.2) is 158 Å². The molecule has 0 unspecified atom stereocenters. The minimum absolute atomic E-state index is 1.07. The van der Waals surface area contributed by atoms with Crippen LogP contribution < -0.4 is 4.90 Å². The maximum absolute atomic E-state index is 5.03. The number of thiophene rings is 2. The van der Waals surface area contributed by atoms with Crippen molar-refractivity contribution in [1.29, 1.82) is 0 Å². The third-order valence-corrected chi connectivity index (χ3v) is 12.6. The van der Waals surface area contributed by atoms with Gasteiger partial charge >= 0.3 is 0 Å². The fourth-order valence-electron chi connectivity index (χ4n) is 6.85. The zero-order valence-electron chi connectivity index (χ0n) is 25.6. The molecule has 0 aliphatic carbocycles. The van der Waals surface area contributed by atoms with Crippen LogP contribution in [0.4, 0.5) is 17.1 Å². The van der Waals surface area contributed by atoms with E-state index < -0.39 is 0 Å². The summed E-state index contributed by atoms with van der Waals surface area (Å²) >= 11 is 5.52. The Bertz CT molecular complexity index is 2770. The van der Waals surface area contributed by atoms with Crippen molar-refractivity contribution in [3.05, 3.63) is 158 Å². The molecule has 0 bridgehead atoms. The van der Waals surface area contributed by atoms with E-state index in [0.29, 0.717) is 0 Å². The van der Waals surface area contributed by atoms with Gasteiger partial charge in [0.15, 0.2) is 0 Å². The average Bonchev–Trinajstić information content (AvgIpc) is 3.86. The minimum atomic E-state index is 1.07. The summed E-state index contributed by atoms with van der Waals surface area (Å²) in [6.45, 7) is 0. The predicted molar refractivity (Wildman–Crippen MR) is 211 cm³/mol. The van der Waals surface area contributed by atoms with Crippen LogP contribution in [0.1, 0.15) is 0 Å². The van der Waals surface area contributed by atoms with Gasteiger partial charge in [-0.2, -0.15) is 0 Å². The number of hydrogen-bond acceptors (Lipinski definition) is 5. The minimum Gasteiger partial charge on any atom is -0.309 e. The summed E-state index contributed by atoms with van der Waals surface area (Å²) in [5.74, 6) is 0. The van der Waals surface area contributed by atoms with Crippen molar-refractivity contribution in [2.45, 2.75) is 0 Å². The van der Waals surface area contributed by atoms with Gasteiger partial charge < -0.3 is 4.90 Å². The van der Waals surface area contributed by atoms with Gasteiger partial charge in [-0.25, -0.2) is 4.98 Å².